The summed E-state index contributed by atoms with van der Waals surface area (Å²) >= 11 is 0. The van der Waals surface area contributed by atoms with Gasteiger partial charge in [0.1, 0.15) is 11.9 Å². The first-order valence-corrected chi connectivity index (χ1v) is 16.3. The Bertz CT molecular complexity index is 1830. The largest absolute Gasteiger partial charge is 0.497 e. The van der Waals surface area contributed by atoms with Crippen LogP contribution in [0.4, 0.5) is 16.2 Å². The van der Waals surface area contributed by atoms with Crippen LogP contribution in [0.15, 0.2) is 89.8 Å². The number of aliphatic hydroxyl groups is 1. The van der Waals surface area contributed by atoms with Gasteiger partial charge in [0.25, 0.3) is 5.91 Å². The van der Waals surface area contributed by atoms with Crippen LogP contribution in [0.2, 0.25) is 0 Å². The zero-order chi connectivity index (χ0) is 33.0. The third kappa shape index (κ3) is 6.79. The maximum atomic E-state index is 13.8. The Labute approximate surface area is 268 Å². The van der Waals surface area contributed by atoms with Crippen LogP contribution in [-0.4, -0.2) is 80.7 Å². The molecule has 5 rings (SSSR count). The summed E-state index contributed by atoms with van der Waals surface area (Å²) in [6, 6.07) is 23.1. The molecule has 46 heavy (non-hydrogen) atoms. The number of sulfonamides is 1. The summed E-state index contributed by atoms with van der Waals surface area (Å²) in [7, 11) is -0.943. The molecule has 242 valence electrons. The molecule has 0 radical (unpaired) electrons. The van der Waals surface area contributed by atoms with Gasteiger partial charge in [-0.1, -0.05) is 49.4 Å². The first kappa shape index (κ1) is 32.7. The number of nitrogens with one attached hydrogen (secondary N) is 2. The lowest BCUT2D eigenvalue weighted by atomic mass is 9.99. The summed E-state index contributed by atoms with van der Waals surface area (Å²) in [4.78, 5) is 28.8. The van der Waals surface area contributed by atoms with Gasteiger partial charge in [-0.25, -0.2) is 13.2 Å². The number of aliphatic hydroxyl groups excluding tert-OH is 1. The highest BCUT2D eigenvalue weighted by Crippen LogP contribution is 2.35. The van der Waals surface area contributed by atoms with E-state index in [0.717, 1.165) is 10.8 Å². The van der Waals surface area contributed by atoms with Crippen molar-refractivity contribution in [3.63, 3.8) is 0 Å². The number of urea groups is 1. The average Bonchev–Trinajstić information content (AvgIpc) is 3.06. The lowest BCUT2D eigenvalue weighted by Crippen LogP contribution is -2.50. The molecule has 1 aliphatic rings. The highest BCUT2D eigenvalue weighted by molar-refractivity contribution is 7.89. The van der Waals surface area contributed by atoms with Gasteiger partial charge in [-0.15, -0.1) is 0 Å². The van der Waals surface area contributed by atoms with Crippen molar-refractivity contribution in [3.8, 4) is 11.5 Å². The molecule has 1 heterocycles. The molecule has 0 fully saturated rings. The van der Waals surface area contributed by atoms with E-state index in [1.165, 1.54) is 30.6 Å². The van der Waals surface area contributed by atoms with Crippen LogP contribution in [0.3, 0.4) is 0 Å². The topological polar surface area (TPSA) is 138 Å². The molecule has 3 N–H and O–H groups in total. The molecule has 3 amide bonds. The normalized spacial score (nSPS) is 17.4. The molecule has 11 nitrogen and oxygen atoms in total. The molecule has 4 aromatic rings. The van der Waals surface area contributed by atoms with Gasteiger partial charge in [-0.2, -0.15) is 4.31 Å². The van der Waals surface area contributed by atoms with Crippen molar-refractivity contribution in [1.29, 1.82) is 0 Å². The van der Waals surface area contributed by atoms with Crippen LogP contribution >= 0.6 is 0 Å². The molecular weight excluding hydrogens is 608 g/mol. The van der Waals surface area contributed by atoms with Crippen LogP contribution in [0.25, 0.3) is 10.8 Å². The summed E-state index contributed by atoms with van der Waals surface area (Å²) in [5.74, 6) is -0.0960. The molecule has 0 unspecified atom stereocenters. The van der Waals surface area contributed by atoms with Crippen molar-refractivity contribution in [2.24, 2.45) is 5.92 Å². The fraction of sp³-hybridized carbons (Fsp3) is 0.294. The monoisotopic (exact) mass is 646 g/mol. The Morgan fingerprint density at radius 1 is 1.02 bits per heavy atom. The Morgan fingerprint density at radius 2 is 1.67 bits per heavy atom. The number of methoxy groups -OCH3 is 1. The third-order valence-corrected chi connectivity index (χ3v) is 10.0. The van der Waals surface area contributed by atoms with Gasteiger partial charge in [0.05, 0.1) is 48.1 Å². The number of carbonyl (C=O) groups is 2. The molecular formula is C34H38N4O7S. The maximum Gasteiger partial charge on any atom is 0.323 e. The van der Waals surface area contributed by atoms with Crippen molar-refractivity contribution in [1.82, 2.24) is 9.21 Å². The van der Waals surface area contributed by atoms with Gasteiger partial charge in [0, 0.05) is 24.9 Å². The fourth-order valence-corrected chi connectivity index (χ4v) is 6.63. The van der Waals surface area contributed by atoms with E-state index >= 15 is 0 Å². The smallest absolute Gasteiger partial charge is 0.323 e. The van der Waals surface area contributed by atoms with Crippen molar-refractivity contribution >= 4 is 44.1 Å². The number of hydrogen-bond acceptors (Lipinski definition) is 7. The molecule has 0 spiro atoms. The second-order valence-corrected chi connectivity index (χ2v) is 13.4. The number of benzene rings is 4. The Balaban J connectivity index is 1.47. The fourth-order valence-electron chi connectivity index (χ4n) is 5.45. The van der Waals surface area contributed by atoms with Crippen molar-refractivity contribution in [3.05, 3.63) is 90.5 Å². The highest BCUT2D eigenvalue weighted by atomic mass is 32.2. The second kappa shape index (κ2) is 13.8. The van der Waals surface area contributed by atoms with E-state index in [2.05, 4.69) is 10.6 Å². The zero-order valence-electron chi connectivity index (χ0n) is 26.1. The number of hydrogen-bond donors (Lipinski definition) is 3. The predicted molar refractivity (Wildman–Crippen MR) is 177 cm³/mol. The molecule has 0 bridgehead atoms. The van der Waals surface area contributed by atoms with E-state index in [1.54, 1.807) is 48.2 Å². The summed E-state index contributed by atoms with van der Waals surface area (Å²) < 4.78 is 39.9. The number of nitrogens with zero attached hydrogens (tertiary/aromatic N) is 2. The molecule has 0 saturated heterocycles. The Morgan fingerprint density at radius 3 is 2.39 bits per heavy atom. The number of carbonyl (C=O) groups excluding carboxylic acids is 2. The SMILES string of the molecule is COc1ccc(S(=O)(=O)N(C)C[C@H]2Oc3c(NC(=O)Nc4cccc5ccccc45)cccc3C(=O)N([C@@H](C)CO)C[C@H]2C)cc1. The minimum atomic E-state index is -3.91. The number of fused-ring (bicyclic) bond motifs is 2. The van der Waals surface area contributed by atoms with Crippen molar-refractivity contribution < 1.29 is 32.6 Å². The lowest BCUT2D eigenvalue weighted by Gasteiger charge is -2.38. The standard InChI is InChI=1S/C34H38N4O7S/c1-22-19-38(23(2)21-39)33(40)28-12-8-14-30(36-34(41)35-29-13-7-10-24-9-5-6-11-27(24)29)32(28)45-31(22)20-37(3)46(42,43)26-17-15-25(44-4)16-18-26/h5-18,22-23,31,39H,19-21H2,1-4H3,(H2,35,36,41)/t22-,23+,31-/m1/s1. The number of likely N-dealkylation sites (N-methyl/N-ethyl adjacent to an activating group) is 1. The van der Waals surface area contributed by atoms with Crippen LogP contribution in [0.1, 0.15) is 24.2 Å². The molecule has 1 aliphatic heterocycles. The van der Waals surface area contributed by atoms with Crippen LogP contribution in [-0.2, 0) is 10.0 Å². The van der Waals surface area contributed by atoms with E-state index < -0.39 is 28.2 Å². The van der Waals surface area contributed by atoms with Gasteiger partial charge >= 0.3 is 6.03 Å². The first-order chi connectivity index (χ1) is 22.0. The van der Waals surface area contributed by atoms with E-state index in [4.69, 9.17) is 9.47 Å². The maximum absolute atomic E-state index is 13.8. The Kier molecular flexibility index (Phi) is 9.80. The van der Waals surface area contributed by atoms with Gasteiger partial charge < -0.3 is 30.1 Å². The molecule has 12 heteroatoms. The summed E-state index contributed by atoms with van der Waals surface area (Å²) in [6.07, 6.45) is -0.734. The molecule has 3 atom stereocenters. The third-order valence-electron chi connectivity index (χ3n) is 8.18. The molecule has 0 aromatic heterocycles. The second-order valence-electron chi connectivity index (χ2n) is 11.4. The van der Waals surface area contributed by atoms with E-state index in [-0.39, 0.29) is 53.4 Å². The van der Waals surface area contributed by atoms with Gasteiger partial charge in [-0.05, 0) is 54.8 Å². The van der Waals surface area contributed by atoms with E-state index in [1.807, 2.05) is 43.3 Å². The Hall–Kier alpha value is -4.65. The number of anilines is 2. The average molecular weight is 647 g/mol. The number of para-hydroxylation sites is 1. The number of ether oxygens (including phenoxy) is 2. The molecule has 4 aromatic carbocycles. The van der Waals surface area contributed by atoms with E-state index in [9.17, 15) is 23.1 Å². The molecule has 0 saturated carbocycles. The van der Waals surface area contributed by atoms with Crippen LogP contribution < -0.4 is 20.1 Å². The van der Waals surface area contributed by atoms with Crippen LogP contribution in [0, 0.1) is 5.92 Å². The van der Waals surface area contributed by atoms with Crippen LogP contribution in [0.5, 0.6) is 11.5 Å². The minimum absolute atomic E-state index is 0.0545. The lowest BCUT2D eigenvalue weighted by molar-refractivity contribution is 0.0389. The quantitative estimate of drug-likeness (QED) is 0.232. The van der Waals surface area contributed by atoms with Crippen molar-refractivity contribution in [2.75, 3.05) is 44.5 Å². The van der Waals surface area contributed by atoms with Gasteiger partial charge in [0.2, 0.25) is 10.0 Å². The zero-order valence-corrected chi connectivity index (χ0v) is 27.0. The van der Waals surface area contributed by atoms with Gasteiger partial charge in [0.15, 0.2) is 5.75 Å². The summed E-state index contributed by atoms with van der Waals surface area (Å²) in [5.41, 5.74) is 1.02. The predicted octanol–water partition coefficient (Wildman–Crippen LogP) is 5.03. The van der Waals surface area contributed by atoms with Crippen molar-refractivity contribution in [2.45, 2.75) is 30.9 Å². The summed E-state index contributed by atoms with van der Waals surface area (Å²) in [5, 5.41) is 17.5. The van der Waals surface area contributed by atoms with Gasteiger partial charge in [-0.3, -0.25) is 4.79 Å². The highest BCUT2D eigenvalue weighted by Gasteiger charge is 2.36. The minimum Gasteiger partial charge on any atom is -0.497 e. The molecule has 0 aliphatic carbocycles. The number of rotatable bonds is 9. The first-order valence-electron chi connectivity index (χ1n) is 14.9. The number of amides is 3. The summed E-state index contributed by atoms with van der Waals surface area (Å²) in [6.45, 7) is 3.48. The van der Waals surface area contributed by atoms with E-state index in [0.29, 0.717) is 11.4 Å².